The summed E-state index contributed by atoms with van der Waals surface area (Å²) in [6.07, 6.45) is -0.198. The van der Waals surface area contributed by atoms with Crippen LogP contribution in [0.5, 0.6) is 0 Å². The van der Waals surface area contributed by atoms with Gasteiger partial charge in [0.05, 0.1) is 23.6 Å². The smallest absolute Gasteiger partial charge is 0.270 e. The van der Waals surface area contributed by atoms with Gasteiger partial charge in [-0.1, -0.05) is 30.3 Å². The first-order valence-corrected chi connectivity index (χ1v) is 8.02. The molecule has 1 atom stereocenters. The van der Waals surface area contributed by atoms with Crippen molar-refractivity contribution in [3.05, 3.63) is 69.8 Å². The zero-order valence-corrected chi connectivity index (χ0v) is 13.8. The number of non-ortho nitro benzene ring substituents is 1. The molecule has 3 rings (SSSR count). The van der Waals surface area contributed by atoms with Gasteiger partial charge in [0.2, 0.25) is 0 Å². The molecule has 7 nitrogen and oxygen atoms in total. The van der Waals surface area contributed by atoms with Crippen molar-refractivity contribution in [2.24, 2.45) is 0 Å². The van der Waals surface area contributed by atoms with Crippen LogP contribution in [0.1, 0.15) is 22.0 Å². The lowest BCUT2D eigenvalue weighted by molar-refractivity contribution is -0.384. The molecule has 1 aliphatic heterocycles. The summed E-state index contributed by atoms with van der Waals surface area (Å²) in [5.74, 6) is -0.239. The summed E-state index contributed by atoms with van der Waals surface area (Å²) in [7, 11) is 1.68. The molecule has 130 valence electrons. The van der Waals surface area contributed by atoms with Crippen molar-refractivity contribution in [3.63, 3.8) is 0 Å². The van der Waals surface area contributed by atoms with Gasteiger partial charge >= 0.3 is 0 Å². The molecule has 0 aromatic heterocycles. The Morgan fingerprint density at radius 3 is 2.72 bits per heavy atom. The van der Waals surface area contributed by atoms with Crippen LogP contribution in [0.15, 0.2) is 48.5 Å². The van der Waals surface area contributed by atoms with Crippen molar-refractivity contribution in [1.82, 2.24) is 4.90 Å². The van der Waals surface area contributed by atoms with Crippen LogP contribution in [0.25, 0.3) is 0 Å². The molecule has 1 amide bonds. The normalized spacial score (nSPS) is 17.2. The van der Waals surface area contributed by atoms with Crippen LogP contribution >= 0.6 is 0 Å². The largest absolute Gasteiger partial charge is 0.387 e. The maximum Gasteiger partial charge on any atom is 0.270 e. The molecule has 0 radical (unpaired) electrons. The number of hydrogen-bond donors (Lipinski definition) is 1. The summed E-state index contributed by atoms with van der Waals surface area (Å²) in [5, 5.41) is 14.0. The van der Waals surface area contributed by atoms with Gasteiger partial charge in [0.15, 0.2) is 0 Å². The van der Waals surface area contributed by atoms with Crippen LogP contribution in [0.3, 0.4) is 0 Å². The molecule has 0 aliphatic carbocycles. The fourth-order valence-electron chi connectivity index (χ4n) is 2.91. The van der Waals surface area contributed by atoms with Gasteiger partial charge in [-0.3, -0.25) is 14.9 Å². The van der Waals surface area contributed by atoms with E-state index in [4.69, 9.17) is 4.74 Å². The lowest BCUT2D eigenvalue weighted by Gasteiger charge is -2.33. The van der Waals surface area contributed by atoms with E-state index in [1.54, 1.807) is 18.0 Å². The molecular formula is C18H19N3O4. The van der Waals surface area contributed by atoms with E-state index in [0.717, 1.165) is 5.56 Å². The summed E-state index contributed by atoms with van der Waals surface area (Å²) in [6, 6.07) is 14.0. The van der Waals surface area contributed by atoms with Crippen LogP contribution in [-0.4, -0.2) is 42.5 Å². The molecule has 1 heterocycles. The maximum absolute atomic E-state index is 12.9. The van der Waals surface area contributed by atoms with Gasteiger partial charge in [0.25, 0.3) is 11.6 Å². The lowest BCUT2D eigenvalue weighted by atomic mass is 10.1. The first kappa shape index (κ1) is 16.9. The van der Waals surface area contributed by atoms with Gasteiger partial charge in [-0.15, -0.1) is 0 Å². The highest BCUT2D eigenvalue weighted by atomic mass is 16.6. The molecule has 1 fully saturated rings. The van der Waals surface area contributed by atoms with Gasteiger partial charge in [0, 0.05) is 31.4 Å². The van der Waals surface area contributed by atoms with Gasteiger partial charge in [-0.05, 0) is 11.6 Å². The predicted molar refractivity (Wildman–Crippen MR) is 93.7 cm³/mol. The minimum atomic E-state index is -0.498. The second-order valence-corrected chi connectivity index (χ2v) is 5.76. The molecule has 0 bridgehead atoms. The number of nitro groups is 1. The molecule has 0 saturated carbocycles. The van der Waals surface area contributed by atoms with E-state index in [0.29, 0.717) is 30.9 Å². The Bertz CT molecular complexity index is 779. The number of anilines is 1. The molecule has 0 spiro atoms. The standard InChI is InChI=1S/C18H19N3O4/c1-19-16-8-7-14(21(23)24)11-15(16)18(22)20-9-10-25-17(12-20)13-5-3-2-4-6-13/h2-8,11,17,19H,9-10,12H2,1H3. The third kappa shape index (κ3) is 3.61. The number of nitrogens with zero attached hydrogens (tertiary/aromatic N) is 2. The average Bonchev–Trinajstić information content (AvgIpc) is 2.67. The van der Waals surface area contributed by atoms with Gasteiger partial charge in [0.1, 0.15) is 6.10 Å². The highest BCUT2D eigenvalue weighted by Gasteiger charge is 2.28. The van der Waals surface area contributed by atoms with Crippen molar-refractivity contribution in [2.45, 2.75) is 6.10 Å². The maximum atomic E-state index is 12.9. The van der Waals surface area contributed by atoms with Crippen molar-refractivity contribution in [3.8, 4) is 0 Å². The van der Waals surface area contributed by atoms with E-state index < -0.39 is 4.92 Å². The zero-order valence-electron chi connectivity index (χ0n) is 13.8. The number of nitro benzene ring substituents is 1. The Kier molecular flexibility index (Phi) is 4.95. The van der Waals surface area contributed by atoms with Crippen LogP contribution < -0.4 is 5.32 Å². The Morgan fingerprint density at radius 2 is 2.04 bits per heavy atom. The lowest BCUT2D eigenvalue weighted by Crippen LogP contribution is -2.42. The van der Waals surface area contributed by atoms with Crippen molar-refractivity contribution in [1.29, 1.82) is 0 Å². The fourth-order valence-corrected chi connectivity index (χ4v) is 2.91. The van der Waals surface area contributed by atoms with E-state index in [-0.39, 0.29) is 17.7 Å². The highest BCUT2D eigenvalue weighted by Crippen LogP contribution is 2.27. The Balaban J connectivity index is 1.85. The summed E-state index contributed by atoms with van der Waals surface area (Å²) in [5.41, 5.74) is 1.77. The van der Waals surface area contributed by atoms with Gasteiger partial charge < -0.3 is 15.0 Å². The van der Waals surface area contributed by atoms with E-state index >= 15 is 0 Å². The minimum absolute atomic E-state index is 0.102. The van der Waals surface area contributed by atoms with E-state index in [1.165, 1.54) is 12.1 Å². The molecule has 1 unspecified atom stereocenters. The van der Waals surface area contributed by atoms with E-state index in [9.17, 15) is 14.9 Å². The third-order valence-electron chi connectivity index (χ3n) is 4.24. The first-order valence-electron chi connectivity index (χ1n) is 8.02. The Hall–Kier alpha value is -2.93. The fraction of sp³-hybridized carbons (Fsp3) is 0.278. The van der Waals surface area contributed by atoms with Crippen LogP contribution in [0.4, 0.5) is 11.4 Å². The molecular weight excluding hydrogens is 322 g/mol. The molecule has 1 aliphatic rings. The van der Waals surface area contributed by atoms with Crippen LogP contribution in [-0.2, 0) is 4.74 Å². The summed E-state index contributed by atoms with van der Waals surface area (Å²) >= 11 is 0. The van der Waals surface area contributed by atoms with E-state index in [2.05, 4.69) is 5.32 Å². The van der Waals surface area contributed by atoms with Gasteiger partial charge in [-0.2, -0.15) is 0 Å². The van der Waals surface area contributed by atoms with Crippen molar-refractivity contribution in [2.75, 3.05) is 32.1 Å². The number of ether oxygens (including phenoxy) is 1. The summed E-state index contributed by atoms with van der Waals surface area (Å²) in [4.78, 5) is 25.2. The van der Waals surface area contributed by atoms with Crippen LogP contribution in [0.2, 0.25) is 0 Å². The monoisotopic (exact) mass is 341 g/mol. The average molecular weight is 341 g/mol. The second-order valence-electron chi connectivity index (χ2n) is 5.76. The number of benzene rings is 2. The number of amides is 1. The zero-order chi connectivity index (χ0) is 17.8. The van der Waals surface area contributed by atoms with Gasteiger partial charge in [-0.25, -0.2) is 0 Å². The number of nitrogens with one attached hydrogen (secondary N) is 1. The number of hydrogen-bond acceptors (Lipinski definition) is 5. The van der Waals surface area contributed by atoms with Crippen LogP contribution in [0, 0.1) is 10.1 Å². The quantitative estimate of drug-likeness (QED) is 0.683. The number of morpholine rings is 1. The number of rotatable bonds is 4. The number of carbonyl (C=O) groups excluding carboxylic acids is 1. The van der Waals surface area contributed by atoms with Crippen molar-refractivity contribution >= 4 is 17.3 Å². The van der Waals surface area contributed by atoms with Crippen molar-refractivity contribution < 1.29 is 14.5 Å². The number of carbonyl (C=O) groups is 1. The highest BCUT2D eigenvalue weighted by molar-refractivity contribution is 6.00. The van der Waals surface area contributed by atoms with E-state index in [1.807, 2.05) is 30.3 Å². The molecule has 25 heavy (non-hydrogen) atoms. The topological polar surface area (TPSA) is 84.7 Å². The Labute approximate surface area is 145 Å². The third-order valence-corrected chi connectivity index (χ3v) is 4.24. The minimum Gasteiger partial charge on any atom is -0.387 e. The first-order chi connectivity index (χ1) is 12.1. The molecule has 7 heteroatoms. The second kappa shape index (κ2) is 7.31. The molecule has 2 aromatic rings. The molecule has 2 aromatic carbocycles. The predicted octanol–water partition coefficient (Wildman–Crippen LogP) is 2.85. The molecule has 1 saturated heterocycles. The summed E-state index contributed by atoms with van der Waals surface area (Å²) < 4.78 is 5.78. The SMILES string of the molecule is CNc1ccc([N+](=O)[O-])cc1C(=O)N1CCOC(c2ccccc2)C1. The molecule has 1 N–H and O–H groups in total. The Morgan fingerprint density at radius 1 is 1.28 bits per heavy atom. The summed E-state index contributed by atoms with van der Waals surface area (Å²) in [6.45, 7) is 1.29.